The van der Waals surface area contributed by atoms with Crippen LogP contribution >= 0.6 is 11.8 Å². The fraction of sp³-hybridized carbons (Fsp3) is 0.176. The van der Waals surface area contributed by atoms with Crippen molar-refractivity contribution in [2.24, 2.45) is 0 Å². The Bertz CT molecular complexity index is 885. The summed E-state index contributed by atoms with van der Waals surface area (Å²) < 4.78 is 15.9. The van der Waals surface area contributed by atoms with Gasteiger partial charge in [-0.2, -0.15) is 0 Å². The fourth-order valence-electron chi connectivity index (χ4n) is 2.09. The number of amides is 1. The van der Waals surface area contributed by atoms with Crippen molar-refractivity contribution in [3.05, 3.63) is 42.6 Å². The first kappa shape index (κ1) is 17.7. The Kier molecular flexibility index (Phi) is 5.69. The number of anilines is 1. The number of thioether (sulfide) groups is 1. The van der Waals surface area contributed by atoms with Crippen molar-refractivity contribution in [1.29, 1.82) is 0 Å². The molecule has 2 aromatic heterocycles. The van der Waals surface area contributed by atoms with Gasteiger partial charge in [-0.05, 0) is 24.3 Å². The van der Waals surface area contributed by atoms with Gasteiger partial charge in [0.2, 0.25) is 5.91 Å². The average Bonchev–Trinajstić information content (AvgIpc) is 3.16. The number of nitrogens with one attached hydrogen (secondary N) is 1. The van der Waals surface area contributed by atoms with Gasteiger partial charge in [0.25, 0.3) is 11.1 Å². The number of carbonyl (C=O) groups is 1. The molecule has 0 aliphatic carbocycles. The predicted octanol–water partition coefficient (Wildman–Crippen LogP) is 2.88. The maximum Gasteiger partial charge on any atom is 0.277 e. The first-order valence-electron chi connectivity index (χ1n) is 7.59. The second-order valence-corrected chi connectivity index (χ2v) is 5.92. The molecule has 0 bridgehead atoms. The van der Waals surface area contributed by atoms with Crippen molar-refractivity contribution in [2.75, 3.05) is 25.3 Å². The molecule has 134 valence electrons. The monoisotopic (exact) mass is 372 g/mol. The molecular weight excluding hydrogens is 356 g/mol. The van der Waals surface area contributed by atoms with Crippen LogP contribution in [0.25, 0.3) is 11.6 Å². The zero-order chi connectivity index (χ0) is 18.4. The summed E-state index contributed by atoms with van der Waals surface area (Å²) in [5, 5.41) is 10.9. The molecular formula is C17H16N4O4S. The maximum absolute atomic E-state index is 12.2. The first-order chi connectivity index (χ1) is 12.7. The Hall–Kier alpha value is -3.07. The van der Waals surface area contributed by atoms with Crippen molar-refractivity contribution < 1.29 is 18.7 Å². The van der Waals surface area contributed by atoms with Gasteiger partial charge in [-0.1, -0.05) is 17.8 Å². The van der Waals surface area contributed by atoms with Gasteiger partial charge in [-0.25, -0.2) is 0 Å². The van der Waals surface area contributed by atoms with E-state index in [1.54, 1.807) is 43.6 Å². The maximum atomic E-state index is 12.2. The Balaban J connectivity index is 1.61. The van der Waals surface area contributed by atoms with Crippen molar-refractivity contribution in [2.45, 2.75) is 5.22 Å². The summed E-state index contributed by atoms with van der Waals surface area (Å²) in [7, 11) is 3.09. The molecule has 0 saturated heterocycles. The van der Waals surface area contributed by atoms with E-state index in [0.717, 1.165) is 11.8 Å². The molecule has 0 unspecified atom stereocenters. The Morgan fingerprint density at radius 3 is 2.81 bits per heavy atom. The normalized spacial score (nSPS) is 10.4. The zero-order valence-electron chi connectivity index (χ0n) is 14.1. The predicted molar refractivity (Wildman–Crippen MR) is 96.4 cm³/mol. The molecule has 26 heavy (non-hydrogen) atoms. The van der Waals surface area contributed by atoms with Gasteiger partial charge in [0.1, 0.15) is 17.2 Å². The van der Waals surface area contributed by atoms with Crippen molar-refractivity contribution in [3.63, 3.8) is 0 Å². The average molecular weight is 372 g/mol. The highest BCUT2D eigenvalue weighted by Crippen LogP contribution is 2.29. The molecule has 0 saturated carbocycles. The van der Waals surface area contributed by atoms with Gasteiger partial charge in [-0.3, -0.25) is 9.78 Å². The molecule has 2 heterocycles. The van der Waals surface area contributed by atoms with E-state index in [4.69, 9.17) is 13.9 Å². The summed E-state index contributed by atoms with van der Waals surface area (Å²) in [5.74, 6) is 1.33. The van der Waals surface area contributed by atoms with Crippen molar-refractivity contribution >= 4 is 23.4 Å². The SMILES string of the molecule is COc1ccc(OC)c(NC(=O)CSc2nnc(-c3ccccn3)o2)c1. The van der Waals surface area contributed by atoms with E-state index in [2.05, 4.69) is 20.5 Å². The van der Waals surface area contributed by atoms with Crippen LogP contribution in [0.4, 0.5) is 5.69 Å². The number of aromatic nitrogens is 3. The summed E-state index contributed by atoms with van der Waals surface area (Å²) in [5.41, 5.74) is 1.11. The fourth-order valence-corrected chi connectivity index (χ4v) is 2.65. The van der Waals surface area contributed by atoms with Gasteiger partial charge in [-0.15, -0.1) is 10.2 Å². The number of nitrogens with zero attached hydrogens (tertiary/aromatic N) is 3. The van der Waals surface area contributed by atoms with Gasteiger partial charge < -0.3 is 19.2 Å². The lowest BCUT2D eigenvalue weighted by molar-refractivity contribution is -0.113. The van der Waals surface area contributed by atoms with Gasteiger partial charge >= 0.3 is 0 Å². The van der Waals surface area contributed by atoms with E-state index in [0.29, 0.717) is 34.0 Å². The second-order valence-electron chi connectivity index (χ2n) is 4.99. The molecule has 0 fully saturated rings. The molecule has 8 nitrogen and oxygen atoms in total. The van der Waals surface area contributed by atoms with E-state index >= 15 is 0 Å². The van der Waals surface area contributed by atoms with E-state index < -0.39 is 0 Å². The van der Waals surface area contributed by atoms with Crippen LogP contribution < -0.4 is 14.8 Å². The van der Waals surface area contributed by atoms with Crippen LogP contribution in [0.2, 0.25) is 0 Å². The summed E-state index contributed by atoms with van der Waals surface area (Å²) in [6.45, 7) is 0. The van der Waals surface area contributed by atoms with E-state index in [1.807, 2.05) is 6.07 Å². The quantitative estimate of drug-likeness (QED) is 0.632. The smallest absolute Gasteiger partial charge is 0.277 e. The molecule has 1 aromatic carbocycles. The number of rotatable bonds is 7. The number of methoxy groups -OCH3 is 2. The lowest BCUT2D eigenvalue weighted by atomic mass is 10.2. The summed E-state index contributed by atoms with van der Waals surface area (Å²) in [6, 6.07) is 10.6. The zero-order valence-corrected chi connectivity index (χ0v) is 14.9. The highest BCUT2D eigenvalue weighted by atomic mass is 32.2. The summed E-state index contributed by atoms with van der Waals surface area (Å²) >= 11 is 1.13. The third kappa shape index (κ3) is 4.31. The molecule has 3 aromatic rings. The highest BCUT2D eigenvalue weighted by Gasteiger charge is 2.13. The third-order valence-electron chi connectivity index (χ3n) is 3.30. The van der Waals surface area contributed by atoms with Crippen LogP contribution in [0, 0.1) is 0 Å². The number of pyridine rings is 1. The Labute approximate surface area is 153 Å². The minimum absolute atomic E-state index is 0.101. The number of carbonyl (C=O) groups excluding carboxylic acids is 1. The lowest BCUT2D eigenvalue weighted by Crippen LogP contribution is -2.14. The highest BCUT2D eigenvalue weighted by molar-refractivity contribution is 7.99. The van der Waals surface area contributed by atoms with Crippen molar-refractivity contribution in [3.8, 4) is 23.1 Å². The topological polar surface area (TPSA) is 99.4 Å². The molecule has 1 N–H and O–H groups in total. The summed E-state index contributed by atoms with van der Waals surface area (Å²) in [4.78, 5) is 16.3. The molecule has 0 aliphatic heterocycles. The Morgan fingerprint density at radius 1 is 1.19 bits per heavy atom. The number of hydrogen-bond donors (Lipinski definition) is 1. The molecule has 0 radical (unpaired) electrons. The largest absolute Gasteiger partial charge is 0.497 e. The van der Waals surface area contributed by atoms with Gasteiger partial charge in [0.05, 0.1) is 25.7 Å². The minimum atomic E-state index is -0.237. The summed E-state index contributed by atoms with van der Waals surface area (Å²) in [6.07, 6.45) is 1.64. The van der Waals surface area contributed by atoms with E-state index in [-0.39, 0.29) is 11.7 Å². The molecule has 0 spiro atoms. The van der Waals surface area contributed by atoms with Crippen LogP contribution in [0.15, 0.2) is 52.2 Å². The van der Waals surface area contributed by atoms with Crippen LogP contribution in [-0.4, -0.2) is 41.1 Å². The number of ether oxygens (including phenoxy) is 2. The second kappa shape index (κ2) is 8.34. The van der Waals surface area contributed by atoms with Crippen LogP contribution in [0.5, 0.6) is 11.5 Å². The van der Waals surface area contributed by atoms with Crippen LogP contribution in [-0.2, 0) is 4.79 Å². The lowest BCUT2D eigenvalue weighted by Gasteiger charge is -2.11. The van der Waals surface area contributed by atoms with Gasteiger partial charge in [0, 0.05) is 12.3 Å². The van der Waals surface area contributed by atoms with Crippen LogP contribution in [0.3, 0.4) is 0 Å². The molecule has 0 atom stereocenters. The number of benzene rings is 1. The van der Waals surface area contributed by atoms with Crippen LogP contribution in [0.1, 0.15) is 0 Å². The van der Waals surface area contributed by atoms with E-state index in [9.17, 15) is 4.79 Å². The third-order valence-corrected chi connectivity index (χ3v) is 4.12. The number of hydrogen-bond acceptors (Lipinski definition) is 8. The molecule has 0 aliphatic rings. The van der Waals surface area contributed by atoms with E-state index in [1.165, 1.54) is 7.11 Å². The molecule has 3 rings (SSSR count). The molecule has 1 amide bonds. The van der Waals surface area contributed by atoms with Gasteiger partial charge in [0.15, 0.2) is 0 Å². The Morgan fingerprint density at radius 2 is 2.08 bits per heavy atom. The first-order valence-corrected chi connectivity index (χ1v) is 8.57. The minimum Gasteiger partial charge on any atom is -0.497 e. The molecule has 9 heteroatoms. The standard InChI is InChI=1S/C17H16N4O4S/c1-23-11-6-7-14(24-2)13(9-11)19-15(22)10-26-17-21-20-16(25-17)12-5-3-4-8-18-12/h3-9H,10H2,1-2H3,(H,19,22). The van der Waals surface area contributed by atoms with Crippen molar-refractivity contribution in [1.82, 2.24) is 15.2 Å².